The number of methoxy groups -OCH3 is 2. The number of benzene rings is 2. The number of ether oxygens (including phenoxy) is 2. The Morgan fingerprint density at radius 2 is 1.60 bits per heavy atom. The number of aliphatic carboxylic acids is 1. The smallest absolute Gasteiger partial charge is 0.382 e. The van der Waals surface area contributed by atoms with E-state index in [1.165, 1.54) is 11.1 Å². The lowest BCUT2D eigenvalue weighted by atomic mass is 9.62. The molecule has 0 aromatic heterocycles. The second-order valence-corrected chi connectivity index (χ2v) is 9.26. The average molecular weight is 407 g/mol. The quantitative estimate of drug-likeness (QED) is 0.687. The van der Waals surface area contributed by atoms with Gasteiger partial charge in [-0.2, -0.15) is 0 Å². The molecule has 4 nitrogen and oxygen atoms in total. The van der Waals surface area contributed by atoms with Gasteiger partial charge in [0, 0.05) is 5.92 Å². The maximum Gasteiger partial charge on any atom is 0.382 e. The van der Waals surface area contributed by atoms with Crippen molar-refractivity contribution < 1.29 is 19.4 Å². The van der Waals surface area contributed by atoms with Crippen molar-refractivity contribution in [2.24, 2.45) is 0 Å². The third-order valence-corrected chi connectivity index (χ3v) is 6.31. The molecule has 0 heterocycles. The van der Waals surface area contributed by atoms with Crippen LogP contribution in [0, 0.1) is 18.8 Å². The molecule has 0 unspecified atom stereocenters. The Labute approximate surface area is 179 Å². The zero-order valence-electron chi connectivity index (χ0n) is 18.9. The summed E-state index contributed by atoms with van der Waals surface area (Å²) in [4.78, 5) is 11.0. The van der Waals surface area contributed by atoms with Crippen LogP contribution in [0.2, 0.25) is 0 Å². The Kier molecular flexibility index (Phi) is 5.60. The monoisotopic (exact) mass is 406 g/mol. The van der Waals surface area contributed by atoms with E-state index in [4.69, 9.17) is 14.6 Å². The van der Waals surface area contributed by atoms with Gasteiger partial charge in [-0.1, -0.05) is 39.7 Å². The number of fused-ring (bicyclic) bond motifs is 1. The summed E-state index contributed by atoms with van der Waals surface area (Å²) in [6.07, 6.45) is 2.27. The van der Waals surface area contributed by atoms with Crippen molar-refractivity contribution in [2.75, 3.05) is 14.2 Å². The first-order valence-electron chi connectivity index (χ1n) is 10.2. The van der Waals surface area contributed by atoms with Gasteiger partial charge >= 0.3 is 5.97 Å². The van der Waals surface area contributed by atoms with E-state index in [9.17, 15) is 4.79 Å². The summed E-state index contributed by atoms with van der Waals surface area (Å²) >= 11 is 0. The van der Waals surface area contributed by atoms with Gasteiger partial charge in [-0.15, -0.1) is 0 Å². The Morgan fingerprint density at radius 1 is 1.00 bits per heavy atom. The predicted octanol–water partition coefficient (Wildman–Crippen LogP) is 5.46. The summed E-state index contributed by atoms with van der Waals surface area (Å²) in [5.74, 6) is 4.91. The highest BCUT2D eigenvalue weighted by atomic mass is 16.5. The van der Waals surface area contributed by atoms with E-state index >= 15 is 0 Å². The molecule has 2 aromatic carbocycles. The standard InChI is InChI=1S/C26H30O4/c1-16-14-19-20(26(4,5)13-12-25(19,2)3)15-18(16)23-21(29-6)10-8-17(24(23)30-7)9-11-22(27)28/h8,10,14-15H,12-13H2,1-7H3,(H,27,28). The molecule has 2 aromatic rings. The summed E-state index contributed by atoms with van der Waals surface area (Å²) in [6.45, 7) is 11.3. The number of hydrogen-bond donors (Lipinski definition) is 1. The van der Waals surface area contributed by atoms with Gasteiger partial charge in [0.2, 0.25) is 0 Å². The minimum absolute atomic E-state index is 0.0640. The van der Waals surface area contributed by atoms with Crippen LogP contribution < -0.4 is 9.47 Å². The van der Waals surface area contributed by atoms with Crippen LogP contribution in [0.25, 0.3) is 11.1 Å². The third kappa shape index (κ3) is 3.77. The van der Waals surface area contributed by atoms with Crippen molar-refractivity contribution in [3.63, 3.8) is 0 Å². The highest BCUT2D eigenvalue weighted by Crippen LogP contribution is 2.50. The zero-order chi connectivity index (χ0) is 22.3. The molecule has 0 aliphatic heterocycles. The molecule has 4 heteroatoms. The maximum atomic E-state index is 11.0. The van der Waals surface area contributed by atoms with Gasteiger partial charge in [0.15, 0.2) is 0 Å². The summed E-state index contributed by atoms with van der Waals surface area (Å²) in [5, 5.41) is 8.97. The normalized spacial score (nSPS) is 16.1. The number of carboxylic acid groups (broad SMARTS) is 1. The number of carboxylic acids is 1. The van der Waals surface area contributed by atoms with Gasteiger partial charge in [-0.25, -0.2) is 4.79 Å². The number of rotatable bonds is 3. The van der Waals surface area contributed by atoms with E-state index in [2.05, 4.69) is 58.6 Å². The van der Waals surface area contributed by atoms with Gasteiger partial charge in [-0.3, -0.25) is 0 Å². The molecule has 0 atom stereocenters. The molecule has 30 heavy (non-hydrogen) atoms. The Hall–Kier alpha value is -2.93. The lowest BCUT2D eigenvalue weighted by Gasteiger charge is -2.42. The number of hydrogen-bond acceptors (Lipinski definition) is 3. The number of aryl methyl sites for hydroxylation is 1. The van der Waals surface area contributed by atoms with Crippen LogP contribution in [0.5, 0.6) is 11.5 Å². The van der Waals surface area contributed by atoms with Crippen molar-refractivity contribution >= 4 is 5.97 Å². The molecule has 0 bridgehead atoms. The van der Waals surface area contributed by atoms with Crippen LogP contribution in [0.1, 0.15) is 62.8 Å². The van der Waals surface area contributed by atoms with Crippen molar-refractivity contribution in [3.05, 3.63) is 46.5 Å². The first-order valence-corrected chi connectivity index (χ1v) is 10.2. The lowest BCUT2D eigenvalue weighted by molar-refractivity contribution is -0.130. The highest BCUT2D eigenvalue weighted by molar-refractivity contribution is 5.89. The van der Waals surface area contributed by atoms with E-state index in [0.29, 0.717) is 17.1 Å². The third-order valence-electron chi connectivity index (χ3n) is 6.31. The summed E-state index contributed by atoms with van der Waals surface area (Å²) in [7, 11) is 3.20. The molecular weight excluding hydrogens is 376 g/mol. The summed E-state index contributed by atoms with van der Waals surface area (Å²) < 4.78 is 11.4. The van der Waals surface area contributed by atoms with Crippen LogP contribution in [0.3, 0.4) is 0 Å². The molecule has 0 fully saturated rings. The molecule has 0 saturated carbocycles. The first-order chi connectivity index (χ1) is 14.0. The van der Waals surface area contributed by atoms with E-state index in [1.807, 2.05) is 6.07 Å². The first kappa shape index (κ1) is 21.8. The van der Waals surface area contributed by atoms with E-state index in [0.717, 1.165) is 29.5 Å². The molecule has 0 amide bonds. The summed E-state index contributed by atoms with van der Waals surface area (Å²) in [5.41, 5.74) is 6.38. The van der Waals surface area contributed by atoms with E-state index in [1.54, 1.807) is 20.3 Å². The Bertz CT molecular complexity index is 1060. The van der Waals surface area contributed by atoms with Gasteiger partial charge in [0.25, 0.3) is 0 Å². The minimum Gasteiger partial charge on any atom is -0.496 e. The Balaban J connectivity index is 2.35. The summed E-state index contributed by atoms with van der Waals surface area (Å²) in [6, 6.07) is 8.11. The lowest BCUT2D eigenvalue weighted by Crippen LogP contribution is -2.34. The number of carbonyl (C=O) groups is 1. The molecule has 158 valence electrons. The van der Waals surface area contributed by atoms with Crippen LogP contribution >= 0.6 is 0 Å². The maximum absolute atomic E-state index is 11.0. The van der Waals surface area contributed by atoms with Crippen molar-refractivity contribution in [3.8, 4) is 34.5 Å². The van der Waals surface area contributed by atoms with Crippen LogP contribution in [-0.2, 0) is 15.6 Å². The molecule has 1 N–H and O–H groups in total. The van der Waals surface area contributed by atoms with Crippen LogP contribution in [0.4, 0.5) is 0 Å². The van der Waals surface area contributed by atoms with Gasteiger partial charge < -0.3 is 14.6 Å². The van der Waals surface area contributed by atoms with Crippen molar-refractivity contribution in [2.45, 2.75) is 58.3 Å². The van der Waals surface area contributed by atoms with E-state index < -0.39 is 5.97 Å². The van der Waals surface area contributed by atoms with Gasteiger partial charge in [0.05, 0.1) is 25.3 Å². The van der Waals surface area contributed by atoms with E-state index in [-0.39, 0.29) is 10.8 Å². The molecule has 0 radical (unpaired) electrons. The fourth-order valence-corrected chi connectivity index (χ4v) is 4.41. The highest BCUT2D eigenvalue weighted by Gasteiger charge is 2.38. The largest absolute Gasteiger partial charge is 0.496 e. The molecule has 1 aliphatic rings. The van der Waals surface area contributed by atoms with Crippen LogP contribution in [0.15, 0.2) is 24.3 Å². The molecule has 0 saturated heterocycles. The molecular formula is C26H30O4. The Morgan fingerprint density at radius 3 is 2.13 bits per heavy atom. The zero-order valence-corrected chi connectivity index (χ0v) is 18.9. The fraction of sp³-hybridized carbons (Fsp3) is 0.423. The second kappa shape index (κ2) is 7.72. The minimum atomic E-state index is -1.18. The average Bonchev–Trinajstić information content (AvgIpc) is 2.69. The van der Waals surface area contributed by atoms with Crippen molar-refractivity contribution in [1.29, 1.82) is 0 Å². The predicted molar refractivity (Wildman–Crippen MR) is 120 cm³/mol. The molecule has 3 rings (SSSR count). The topological polar surface area (TPSA) is 55.8 Å². The SMILES string of the molecule is COc1ccc(C#CC(=O)O)c(OC)c1-c1cc2c(cc1C)C(C)(C)CCC2(C)C. The van der Waals surface area contributed by atoms with Gasteiger partial charge in [0.1, 0.15) is 11.5 Å². The van der Waals surface area contributed by atoms with Crippen LogP contribution in [-0.4, -0.2) is 25.3 Å². The molecule has 0 spiro atoms. The fourth-order valence-electron chi connectivity index (χ4n) is 4.41. The van der Waals surface area contributed by atoms with Crippen molar-refractivity contribution in [1.82, 2.24) is 0 Å². The van der Waals surface area contributed by atoms with Gasteiger partial charge in [-0.05, 0) is 71.0 Å². The second-order valence-electron chi connectivity index (χ2n) is 9.26. The molecule has 1 aliphatic carbocycles.